The quantitative estimate of drug-likeness (QED) is 0.329. The van der Waals surface area contributed by atoms with Gasteiger partial charge in [0.1, 0.15) is 0 Å². The number of hydrogen-bond acceptors (Lipinski definition) is 0. The van der Waals surface area contributed by atoms with Crippen molar-refractivity contribution in [2.24, 2.45) is 0 Å². The minimum Gasteiger partial charge on any atom is -0.167 e. The van der Waals surface area contributed by atoms with Crippen molar-refractivity contribution in [3.05, 3.63) is 9.66 Å². The minimum absolute atomic E-state index is 0.412. The molecule has 0 heterocycles. The van der Waals surface area contributed by atoms with Crippen molar-refractivity contribution in [2.45, 2.75) is 70.9 Å². The van der Waals surface area contributed by atoms with Crippen LogP contribution in [0.15, 0.2) is 9.66 Å². The topological polar surface area (TPSA) is 0 Å². The summed E-state index contributed by atoms with van der Waals surface area (Å²) in [6.45, 7) is 2.19. The first-order valence-electron chi connectivity index (χ1n) is 6.39. The van der Waals surface area contributed by atoms with Gasteiger partial charge in [-0.1, -0.05) is 51.9 Å². The molecule has 0 aromatic carbocycles. The molecule has 4 heteroatoms. The molecule has 0 aromatic heterocycles. The molecule has 0 fully saturated rings. The smallest absolute Gasteiger partial charge is 0.167 e. The van der Waals surface area contributed by atoms with Gasteiger partial charge in [-0.25, -0.2) is 0 Å². The average Bonchev–Trinajstić information content (AvgIpc) is 2.19. The molecule has 102 valence electrons. The van der Waals surface area contributed by atoms with E-state index in [-0.39, 0.29) is 0 Å². The van der Waals surface area contributed by atoms with Crippen molar-refractivity contribution in [2.75, 3.05) is 0 Å². The average molecular weight is 362 g/mol. The van der Waals surface area contributed by atoms with Gasteiger partial charge in [0, 0.05) is 6.08 Å². The Labute approximate surface area is 116 Å². The minimum atomic E-state index is -4.16. The van der Waals surface area contributed by atoms with Crippen LogP contribution in [0, 0.1) is 0 Å². The van der Waals surface area contributed by atoms with Crippen LogP contribution < -0.4 is 0 Å². The van der Waals surface area contributed by atoms with E-state index in [1.54, 1.807) is 22.6 Å². The van der Waals surface area contributed by atoms with Gasteiger partial charge in [-0.3, -0.25) is 0 Å². The SMILES string of the molecule is CCCCCCCCCC/C(I)=C/C(F)(F)F. The molecule has 17 heavy (non-hydrogen) atoms. The van der Waals surface area contributed by atoms with Gasteiger partial charge in [0.2, 0.25) is 0 Å². The van der Waals surface area contributed by atoms with E-state index in [4.69, 9.17) is 0 Å². The second kappa shape index (κ2) is 10.2. The second-order valence-corrected chi connectivity index (χ2v) is 5.74. The number of halogens is 4. The lowest BCUT2D eigenvalue weighted by Gasteiger charge is -2.03. The molecule has 0 atom stereocenters. The lowest BCUT2D eigenvalue weighted by molar-refractivity contribution is -0.0801. The summed E-state index contributed by atoms with van der Waals surface area (Å²) in [4.78, 5) is 0. The van der Waals surface area contributed by atoms with Crippen LogP contribution in [0.1, 0.15) is 64.7 Å². The summed E-state index contributed by atoms with van der Waals surface area (Å²) < 4.78 is 36.3. The zero-order valence-corrected chi connectivity index (χ0v) is 12.6. The number of rotatable bonds is 9. The third kappa shape index (κ3) is 14.2. The molecule has 0 nitrogen and oxygen atoms in total. The Balaban J connectivity index is 3.37. The van der Waals surface area contributed by atoms with Gasteiger partial charge in [0.15, 0.2) is 0 Å². The monoisotopic (exact) mass is 362 g/mol. The molecule has 0 aliphatic rings. The largest absolute Gasteiger partial charge is 0.410 e. The van der Waals surface area contributed by atoms with E-state index in [1.807, 2.05) is 0 Å². The molecule has 0 aliphatic carbocycles. The van der Waals surface area contributed by atoms with Gasteiger partial charge in [-0.05, 0) is 39.0 Å². The summed E-state index contributed by atoms with van der Waals surface area (Å²) in [5.41, 5.74) is 0. The van der Waals surface area contributed by atoms with Crippen LogP contribution in [0.4, 0.5) is 13.2 Å². The van der Waals surface area contributed by atoms with Crippen LogP contribution >= 0.6 is 22.6 Å². The predicted molar refractivity (Wildman–Crippen MR) is 75.4 cm³/mol. The highest BCUT2D eigenvalue weighted by atomic mass is 127. The van der Waals surface area contributed by atoms with E-state index in [1.165, 1.54) is 32.1 Å². The highest BCUT2D eigenvalue weighted by Crippen LogP contribution is 2.25. The van der Waals surface area contributed by atoms with E-state index < -0.39 is 6.18 Å². The summed E-state index contributed by atoms with van der Waals surface area (Å²) in [6, 6.07) is 0. The molecule has 0 radical (unpaired) electrons. The van der Waals surface area contributed by atoms with Gasteiger partial charge in [0.05, 0.1) is 0 Å². The Morgan fingerprint density at radius 1 is 0.941 bits per heavy atom. The van der Waals surface area contributed by atoms with Gasteiger partial charge in [-0.15, -0.1) is 0 Å². The van der Waals surface area contributed by atoms with Crippen molar-refractivity contribution in [1.82, 2.24) is 0 Å². The predicted octanol–water partition coefficient (Wildman–Crippen LogP) is 6.40. The molecule has 0 bridgehead atoms. The zero-order valence-electron chi connectivity index (χ0n) is 10.5. The van der Waals surface area contributed by atoms with Crippen molar-refractivity contribution >= 4 is 22.6 Å². The number of unbranched alkanes of at least 4 members (excludes halogenated alkanes) is 7. The van der Waals surface area contributed by atoms with Crippen LogP contribution in [-0.2, 0) is 0 Å². The first-order chi connectivity index (χ1) is 7.95. The van der Waals surface area contributed by atoms with Gasteiger partial charge in [0.25, 0.3) is 0 Å². The standard InChI is InChI=1S/C13H22F3I/c1-2-3-4-5-6-7-8-9-10-12(17)11-13(14,15)16/h11H,2-10H2,1H3/b12-11-. The Kier molecular flexibility index (Phi) is 10.4. The maximum Gasteiger partial charge on any atom is 0.410 e. The van der Waals surface area contributed by atoms with E-state index >= 15 is 0 Å². The molecular weight excluding hydrogens is 340 g/mol. The molecular formula is C13H22F3I. The molecule has 0 saturated carbocycles. The fourth-order valence-corrected chi connectivity index (χ4v) is 2.41. The van der Waals surface area contributed by atoms with Crippen LogP contribution in [-0.4, -0.2) is 6.18 Å². The molecule has 0 aliphatic heterocycles. The first-order valence-corrected chi connectivity index (χ1v) is 7.47. The number of hydrogen-bond donors (Lipinski definition) is 0. The Morgan fingerprint density at radius 3 is 1.88 bits per heavy atom. The number of allylic oxidation sites excluding steroid dienone is 2. The third-order valence-corrected chi connectivity index (χ3v) is 3.44. The molecule has 0 spiro atoms. The fraction of sp³-hybridized carbons (Fsp3) is 0.846. The summed E-state index contributed by atoms with van der Waals surface area (Å²) in [5.74, 6) is 0. The molecule has 0 amide bonds. The highest BCUT2D eigenvalue weighted by Gasteiger charge is 2.23. The first kappa shape index (κ1) is 17.3. The lowest BCUT2D eigenvalue weighted by Crippen LogP contribution is -2.01. The van der Waals surface area contributed by atoms with Crippen molar-refractivity contribution in [3.8, 4) is 0 Å². The summed E-state index contributed by atoms with van der Waals surface area (Å²) >= 11 is 1.79. The Hall–Kier alpha value is 0.260. The van der Waals surface area contributed by atoms with Gasteiger partial charge >= 0.3 is 6.18 Å². The maximum atomic E-state index is 12.0. The van der Waals surface area contributed by atoms with Crippen molar-refractivity contribution in [3.63, 3.8) is 0 Å². The van der Waals surface area contributed by atoms with E-state index in [0.717, 1.165) is 19.3 Å². The highest BCUT2D eigenvalue weighted by molar-refractivity contribution is 14.1. The Morgan fingerprint density at radius 2 is 1.41 bits per heavy atom. The normalized spacial score (nSPS) is 13.1. The van der Waals surface area contributed by atoms with E-state index in [0.29, 0.717) is 16.1 Å². The van der Waals surface area contributed by atoms with Crippen LogP contribution in [0.5, 0.6) is 0 Å². The summed E-state index contributed by atoms with van der Waals surface area (Å²) in [5, 5.41) is 0. The van der Waals surface area contributed by atoms with Crippen LogP contribution in [0.3, 0.4) is 0 Å². The van der Waals surface area contributed by atoms with Gasteiger partial charge < -0.3 is 0 Å². The lowest BCUT2D eigenvalue weighted by atomic mass is 10.1. The second-order valence-electron chi connectivity index (χ2n) is 4.36. The van der Waals surface area contributed by atoms with Gasteiger partial charge in [-0.2, -0.15) is 13.2 Å². The molecule has 0 unspecified atom stereocenters. The van der Waals surface area contributed by atoms with Crippen LogP contribution in [0.25, 0.3) is 0 Å². The summed E-state index contributed by atoms with van der Waals surface area (Å²) in [6.07, 6.45) is 6.22. The van der Waals surface area contributed by atoms with Crippen LogP contribution in [0.2, 0.25) is 0 Å². The van der Waals surface area contributed by atoms with E-state index in [2.05, 4.69) is 6.92 Å². The maximum absolute atomic E-state index is 12.0. The van der Waals surface area contributed by atoms with E-state index in [9.17, 15) is 13.2 Å². The summed E-state index contributed by atoms with van der Waals surface area (Å²) in [7, 11) is 0. The molecule has 0 N–H and O–H groups in total. The fourth-order valence-electron chi connectivity index (χ4n) is 1.68. The Bertz CT molecular complexity index is 209. The third-order valence-electron chi connectivity index (χ3n) is 2.59. The molecule has 0 saturated heterocycles. The number of alkyl halides is 3. The van der Waals surface area contributed by atoms with Crippen molar-refractivity contribution < 1.29 is 13.2 Å². The zero-order chi connectivity index (χ0) is 13.1. The van der Waals surface area contributed by atoms with Crippen molar-refractivity contribution in [1.29, 1.82) is 0 Å². The molecule has 0 aromatic rings. The molecule has 0 rings (SSSR count).